The highest BCUT2D eigenvalue weighted by molar-refractivity contribution is 6.02. The highest BCUT2D eigenvalue weighted by Crippen LogP contribution is 2.25. The van der Waals surface area contributed by atoms with Crippen molar-refractivity contribution in [1.29, 1.82) is 0 Å². The standard InChI is InChI=1S/C13H19NO4/c15-12(14-8-9-4-3-7-18-9)10-5-1-2-6-11(10)13(16)17/h9H,1-8H2,(H,14,15)(H,16,17)/t9-/m1/s1. The highest BCUT2D eigenvalue weighted by atomic mass is 16.5. The molecule has 1 aliphatic heterocycles. The molecule has 100 valence electrons. The van der Waals surface area contributed by atoms with Gasteiger partial charge in [0.15, 0.2) is 0 Å². The van der Waals surface area contributed by atoms with Crippen molar-refractivity contribution in [2.24, 2.45) is 0 Å². The molecule has 1 aliphatic carbocycles. The molecule has 0 spiro atoms. The van der Waals surface area contributed by atoms with Gasteiger partial charge in [0.05, 0.1) is 6.10 Å². The number of hydrogen-bond acceptors (Lipinski definition) is 3. The van der Waals surface area contributed by atoms with Crippen LogP contribution in [-0.4, -0.2) is 36.2 Å². The van der Waals surface area contributed by atoms with E-state index in [1.54, 1.807) is 0 Å². The quantitative estimate of drug-likeness (QED) is 0.790. The number of carbonyl (C=O) groups excluding carboxylic acids is 1. The van der Waals surface area contributed by atoms with Gasteiger partial charge in [-0.2, -0.15) is 0 Å². The Labute approximate surface area is 106 Å². The predicted molar refractivity (Wildman–Crippen MR) is 65.1 cm³/mol. The Balaban J connectivity index is 1.95. The third kappa shape index (κ3) is 3.10. The van der Waals surface area contributed by atoms with E-state index >= 15 is 0 Å². The molecule has 1 atom stereocenters. The Kier molecular flexibility index (Phi) is 4.36. The van der Waals surface area contributed by atoms with E-state index in [9.17, 15) is 9.59 Å². The van der Waals surface area contributed by atoms with Crippen molar-refractivity contribution in [3.05, 3.63) is 11.1 Å². The number of carbonyl (C=O) groups is 2. The molecule has 2 N–H and O–H groups in total. The van der Waals surface area contributed by atoms with E-state index in [2.05, 4.69) is 5.32 Å². The van der Waals surface area contributed by atoms with Gasteiger partial charge in [0.2, 0.25) is 5.91 Å². The average Bonchev–Trinajstić information content (AvgIpc) is 2.89. The Morgan fingerprint density at radius 3 is 2.56 bits per heavy atom. The van der Waals surface area contributed by atoms with Gasteiger partial charge in [0, 0.05) is 24.3 Å². The molecule has 0 aromatic rings. The number of carboxylic acid groups (broad SMARTS) is 1. The molecule has 0 aromatic carbocycles. The second kappa shape index (κ2) is 6.00. The molecule has 0 saturated carbocycles. The zero-order valence-electron chi connectivity index (χ0n) is 10.4. The summed E-state index contributed by atoms with van der Waals surface area (Å²) in [6.07, 6.45) is 4.89. The van der Waals surface area contributed by atoms with Gasteiger partial charge in [0.1, 0.15) is 0 Å². The Hall–Kier alpha value is -1.36. The van der Waals surface area contributed by atoms with Gasteiger partial charge in [-0.3, -0.25) is 4.79 Å². The fraction of sp³-hybridized carbons (Fsp3) is 0.692. The average molecular weight is 253 g/mol. The van der Waals surface area contributed by atoms with Gasteiger partial charge >= 0.3 is 5.97 Å². The zero-order valence-corrected chi connectivity index (χ0v) is 10.4. The van der Waals surface area contributed by atoms with Crippen LogP contribution < -0.4 is 5.32 Å². The van der Waals surface area contributed by atoms with Crippen LogP contribution in [0.4, 0.5) is 0 Å². The smallest absolute Gasteiger partial charge is 0.332 e. The molecule has 5 heteroatoms. The lowest BCUT2D eigenvalue weighted by Gasteiger charge is -2.18. The summed E-state index contributed by atoms with van der Waals surface area (Å²) >= 11 is 0. The summed E-state index contributed by atoms with van der Waals surface area (Å²) in [6, 6.07) is 0. The van der Waals surface area contributed by atoms with E-state index in [0.717, 1.165) is 32.3 Å². The van der Waals surface area contributed by atoms with Crippen LogP contribution in [0.25, 0.3) is 0 Å². The molecule has 1 fully saturated rings. The topological polar surface area (TPSA) is 75.6 Å². The first-order valence-electron chi connectivity index (χ1n) is 6.53. The predicted octanol–water partition coefficient (Wildman–Crippen LogP) is 1.24. The van der Waals surface area contributed by atoms with E-state index in [0.29, 0.717) is 25.0 Å². The maximum absolute atomic E-state index is 12.0. The molecule has 5 nitrogen and oxygen atoms in total. The van der Waals surface area contributed by atoms with Crippen LogP contribution in [0.5, 0.6) is 0 Å². The third-order valence-corrected chi connectivity index (χ3v) is 3.51. The lowest BCUT2D eigenvalue weighted by Crippen LogP contribution is -2.34. The van der Waals surface area contributed by atoms with Gasteiger partial charge in [-0.15, -0.1) is 0 Å². The Bertz CT molecular complexity index is 369. The molecular weight excluding hydrogens is 234 g/mol. The van der Waals surface area contributed by atoms with Gasteiger partial charge in [-0.25, -0.2) is 4.79 Å². The highest BCUT2D eigenvalue weighted by Gasteiger charge is 2.24. The number of nitrogens with one attached hydrogen (secondary N) is 1. The number of amides is 1. The monoisotopic (exact) mass is 253 g/mol. The Morgan fingerprint density at radius 1 is 1.22 bits per heavy atom. The molecule has 2 aliphatic rings. The summed E-state index contributed by atoms with van der Waals surface area (Å²) in [4.78, 5) is 23.0. The Morgan fingerprint density at radius 2 is 1.94 bits per heavy atom. The first-order valence-corrected chi connectivity index (χ1v) is 6.53. The van der Waals surface area contributed by atoms with Crippen molar-refractivity contribution in [3.63, 3.8) is 0 Å². The molecule has 0 radical (unpaired) electrons. The largest absolute Gasteiger partial charge is 0.478 e. The molecular formula is C13H19NO4. The maximum atomic E-state index is 12.0. The van der Waals surface area contributed by atoms with Crippen LogP contribution in [0.2, 0.25) is 0 Å². The van der Waals surface area contributed by atoms with E-state index in [1.807, 2.05) is 0 Å². The van der Waals surface area contributed by atoms with Gasteiger partial charge in [-0.05, 0) is 38.5 Å². The number of carboxylic acids is 1. The van der Waals surface area contributed by atoms with E-state index < -0.39 is 5.97 Å². The van der Waals surface area contributed by atoms with Crippen LogP contribution in [0.1, 0.15) is 38.5 Å². The molecule has 1 amide bonds. The normalized spacial score (nSPS) is 24.1. The summed E-state index contributed by atoms with van der Waals surface area (Å²) in [7, 11) is 0. The van der Waals surface area contributed by atoms with Crippen LogP contribution in [0.15, 0.2) is 11.1 Å². The summed E-state index contributed by atoms with van der Waals surface area (Å²) in [5.41, 5.74) is 0.734. The minimum atomic E-state index is -0.961. The fourth-order valence-electron chi connectivity index (χ4n) is 2.51. The molecule has 18 heavy (non-hydrogen) atoms. The van der Waals surface area contributed by atoms with Crippen LogP contribution in [0.3, 0.4) is 0 Å². The van der Waals surface area contributed by atoms with Crippen molar-refractivity contribution in [3.8, 4) is 0 Å². The second-order valence-corrected chi connectivity index (χ2v) is 4.81. The van der Waals surface area contributed by atoms with Gasteiger partial charge in [-0.1, -0.05) is 0 Å². The van der Waals surface area contributed by atoms with Crippen LogP contribution >= 0.6 is 0 Å². The SMILES string of the molecule is O=C(O)C1=C(C(=O)NC[C@H]2CCCO2)CCCC1. The second-order valence-electron chi connectivity index (χ2n) is 4.81. The minimum absolute atomic E-state index is 0.0893. The summed E-state index contributed by atoms with van der Waals surface area (Å²) in [6.45, 7) is 1.23. The van der Waals surface area contributed by atoms with Crippen molar-refractivity contribution >= 4 is 11.9 Å². The van der Waals surface area contributed by atoms with E-state index in [1.165, 1.54) is 0 Å². The van der Waals surface area contributed by atoms with Crippen LogP contribution in [-0.2, 0) is 14.3 Å². The third-order valence-electron chi connectivity index (χ3n) is 3.51. The maximum Gasteiger partial charge on any atom is 0.332 e. The van der Waals surface area contributed by atoms with Crippen molar-refractivity contribution in [2.75, 3.05) is 13.2 Å². The number of aliphatic carboxylic acids is 1. The summed E-state index contributed by atoms with van der Waals surface area (Å²) < 4.78 is 5.42. The molecule has 0 aromatic heterocycles. The first kappa shape index (κ1) is 13.1. The summed E-state index contributed by atoms with van der Waals surface area (Å²) in [5, 5.41) is 11.9. The molecule has 0 unspecified atom stereocenters. The number of rotatable bonds is 4. The zero-order chi connectivity index (χ0) is 13.0. The molecule has 0 bridgehead atoms. The van der Waals surface area contributed by atoms with Crippen molar-refractivity contribution in [2.45, 2.75) is 44.6 Å². The van der Waals surface area contributed by atoms with Crippen molar-refractivity contribution in [1.82, 2.24) is 5.32 Å². The summed E-state index contributed by atoms with van der Waals surface area (Å²) in [5.74, 6) is -1.19. The van der Waals surface area contributed by atoms with Gasteiger partial charge in [0.25, 0.3) is 0 Å². The van der Waals surface area contributed by atoms with E-state index in [-0.39, 0.29) is 17.6 Å². The molecule has 2 rings (SSSR count). The van der Waals surface area contributed by atoms with Crippen LogP contribution in [0, 0.1) is 0 Å². The lowest BCUT2D eigenvalue weighted by molar-refractivity contribution is -0.133. The number of ether oxygens (including phenoxy) is 1. The van der Waals surface area contributed by atoms with Crippen molar-refractivity contribution < 1.29 is 19.4 Å². The fourth-order valence-corrected chi connectivity index (χ4v) is 2.51. The first-order chi connectivity index (χ1) is 8.68. The molecule has 1 saturated heterocycles. The van der Waals surface area contributed by atoms with E-state index in [4.69, 9.17) is 9.84 Å². The number of hydrogen-bond donors (Lipinski definition) is 2. The minimum Gasteiger partial charge on any atom is -0.478 e. The molecule has 1 heterocycles. The lowest BCUT2D eigenvalue weighted by atomic mass is 9.91. The van der Waals surface area contributed by atoms with Gasteiger partial charge < -0.3 is 15.2 Å².